The summed E-state index contributed by atoms with van der Waals surface area (Å²) in [6, 6.07) is 0. The first-order valence-corrected chi connectivity index (χ1v) is 2.96. The van der Waals surface area contributed by atoms with Gasteiger partial charge in [-0.25, -0.2) is 0 Å². The van der Waals surface area contributed by atoms with Gasteiger partial charge in [0.15, 0.2) is 0 Å². The minimum atomic E-state index is -0.900. The van der Waals surface area contributed by atoms with Gasteiger partial charge in [-0.15, -0.1) is 0 Å². The first-order valence-electron chi connectivity index (χ1n) is 2.96. The Labute approximate surface area is 57.8 Å². The molecule has 58 valence electrons. The van der Waals surface area contributed by atoms with E-state index in [4.69, 9.17) is 5.11 Å². The van der Waals surface area contributed by atoms with Crippen molar-refractivity contribution in [2.24, 2.45) is 0 Å². The lowest BCUT2D eigenvalue weighted by Crippen LogP contribution is -2.02. The highest BCUT2D eigenvalue weighted by Crippen LogP contribution is 1.94. The van der Waals surface area contributed by atoms with Crippen LogP contribution in [0.3, 0.4) is 0 Å². The largest absolute Gasteiger partial charge is 0.481 e. The van der Waals surface area contributed by atoms with Crippen LogP contribution in [0.25, 0.3) is 0 Å². The smallest absolute Gasteiger partial charge is 0.303 e. The van der Waals surface area contributed by atoms with Crippen molar-refractivity contribution in [1.82, 2.24) is 0 Å². The van der Waals surface area contributed by atoms with E-state index >= 15 is 0 Å². The minimum absolute atomic E-state index is 0.0217. The molecule has 0 saturated heterocycles. The van der Waals surface area contributed by atoms with Crippen LogP contribution in [0.2, 0.25) is 0 Å². The van der Waals surface area contributed by atoms with E-state index in [1.54, 1.807) is 0 Å². The normalized spacial score (nSPS) is 9.20. The maximum absolute atomic E-state index is 9.87. The molecule has 5 nitrogen and oxygen atoms in total. The van der Waals surface area contributed by atoms with Crippen LogP contribution < -0.4 is 0 Å². The predicted molar refractivity (Wildman–Crippen MR) is 33.3 cm³/mol. The van der Waals surface area contributed by atoms with E-state index in [9.17, 15) is 14.9 Å². The van der Waals surface area contributed by atoms with Gasteiger partial charge in [0.05, 0.1) is 0 Å². The summed E-state index contributed by atoms with van der Waals surface area (Å²) in [7, 11) is 0. The number of aliphatic carboxylic acids is 1. The number of carbonyl (C=O) groups is 1. The fraction of sp³-hybridized carbons (Fsp3) is 0.800. The van der Waals surface area contributed by atoms with E-state index < -0.39 is 10.9 Å². The molecule has 0 unspecified atom stereocenters. The average Bonchev–Trinajstić information content (AvgIpc) is 1.79. The Kier molecular flexibility index (Phi) is 4.19. The Bertz CT molecular complexity index is 118. The first-order chi connectivity index (χ1) is 4.63. The zero-order valence-corrected chi connectivity index (χ0v) is 5.45. The Morgan fingerprint density at radius 2 is 2.10 bits per heavy atom. The molecule has 0 bridgehead atoms. The molecular weight excluding hydrogens is 138 g/mol. The van der Waals surface area contributed by atoms with Gasteiger partial charge in [0.2, 0.25) is 6.54 Å². The monoisotopic (exact) mass is 147 g/mol. The van der Waals surface area contributed by atoms with E-state index in [0.717, 1.165) is 0 Å². The molecule has 0 rings (SSSR count). The number of unbranched alkanes of at least 4 members (excludes halogenated alkanes) is 1. The van der Waals surface area contributed by atoms with Gasteiger partial charge in [-0.05, 0) is 6.42 Å². The van der Waals surface area contributed by atoms with Crippen molar-refractivity contribution < 1.29 is 14.8 Å². The molecule has 0 heterocycles. The minimum Gasteiger partial charge on any atom is -0.481 e. The Balaban J connectivity index is 3.06. The molecule has 0 aliphatic carbocycles. The fourth-order valence-corrected chi connectivity index (χ4v) is 0.517. The van der Waals surface area contributed by atoms with Crippen molar-refractivity contribution >= 4 is 5.97 Å². The SMILES string of the molecule is O=C(O)CCCC[N+](=O)[O-]. The van der Waals surface area contributed by atoms with E-state index in [1.165, 1.54) is 0 Å². The van der Waals surface area contributed by atoms with E-state index in [1.807, 2.05) is 0 Å². The molecule has 0 aromatic carbocycles. The van der Waals surface area contributed by atoms with Gasteiger partial charge in [0.1, 0.15) is 0 Å². The van der Waals surface area contributed by atoms with Gasteiger partial charge in [0.25, 0.3) is 0 Å². The lowest BCUT2D eigenvalue weighted by molar-refractivity contribution is -0.480. The molecule has 10 heavy (non-hydrogen) atoms. The highest BCUT2D eigenvalue weighted by molar-refractivity contribution is 5.66. The third-order valence-electron chi connectivity index (χ3n) is 0.981. The Morgan fingerprint density at radius 1 is 1.50 bits per heavy atom. The van der Waals surface area contributed by atoms with Crippen LogP contribution in [0.4, 0.5) is 0 Å². The summed E-state index contributed by atoms with van der Waals surface area (Å²) in [6.45, 7) is -0.132. The van der Waals surface area contributed by atoms with Gasteiger partial charge < -0.3 is 5.11 Å². The van der Waals surface area contributed by atoms with E-state index in [0.29, 0.717) is 12.8 Å². The second-order valence-corrected chi connectivity index (χ2v) is 1.91. The summed E-state index contributed by atoms with van der Waals surface area (Å²) in [5.41, 5.74) is 0. The molecule has 0 saturated carbocycles. The molecule has 1 N–H and O–H groups in total. The van der Waals surface area contributed by atoms with Crippen molar-refractivity contribution in [1.29, 1.82) is 0 Å². The average molecular weight is 147 g/mol. The lowest BCUT2D eigenvalue weighted by Gasteiger charge is -1.90. The fourth-order valence-electron chi connectivity index (χ4n) is 0.517. The van der Waals surface area contributed by atoms with Gasteiger partial charge in [-0.1, -0.05) is 0 Å². The van der Waals surface area contributed by atoms with Crippen LogP contribution >= 0.6 is 0 Å². The molecule has 0 amide bonds. The van der Waals surface area contributed by atoms with Crippen molar-refractivity contribution in [3.05, 3.63) is 10.1 Å². The van der Waals surface area contributed by atoms with Gasteiger partial charge in [0, 0.05) is 17.8 Å². The number of hydrogen-bond acceptors (Lipinski definition) is 3. The second-order valence-electron chi connectivity index (χ2n) is 1.91. The molecule has 0 spiro atoms. The molecule has 0 aliphatic rings. The van der Waals surface area contributed by atoms with E-state index in [2.05, 4.69) is 0 Å². The van der Waals surface area contributed by atoms with Crippen molar-refractivity contribution in [3.8, 4) is 0 Å². The maximum Gasteiger partial charge on any atom is 0.303 e. The van der Waals surface area contributed by atoms with Crippen LogP contribution in [0.15, 0.2) is 0 Å². The van der Waals surface area contributed by atoms with Crippen LogP contribution in [-0.4, -0.2) is 22.5 Å². The summed E-state index contributed by atoms with van der Waals surface area (Å²) < 4.78 is 0. The standard InChI is InChI=1S/C5H9NO4/c7-5(8)3-1-2-4-6(9)10/h1-4H2,(H,7,8). The molecule has 0 aliphatic heterocycles. The van der Waals surface area contributed by atoms with Gasteiger partial charge in [-0.2, -0.15) is 0 Å². The molecule has 5 heteroatoms. The number of nitrogens with zero attached hydrogens (tertiary/aromatic N) is 1. The van der Waals surface area contributed by atoms with Crippen LogP contribution in [0, 0.1) is 10.1 Å². The molecule has 0 aromatic heterocycles. The lowest BCUT2D eigenvalue weighted by atomic mass is 10.2. The molecule has 0 atom stereocenters. The van der Waals surface area contributed by atoms with Gasteiger partial charge >= 0.3 is 5.97 Å². The zero-order chi connectivity index (χ0) is 7.98. The number of rotatable bonds is 5. The summed E-state index contributed by atoms with van der Waals surface area (Å²) >= 11 is 0. The van der Waals surface area contributed by atoms with Crippen molar-refractivity contribution in [2.75, 3.05) is 6.54 Å². The maximum atomic E-state index is 9.87. The highest BCUT2D eigenvalue weighted by atomic mass is 16.6. The third-order valence-corrected chi connectivity index (χ3v) is 0.981. The van der Waals surface area contributed by atoms with E-state index in [-0.39, 0.29) is 13.0 Å². The molecular formula is C5H9NO4. The van der Waals surface area contributed by atoms with Crippen LogP contribution in [-0.2, 0) is 4.79 Å². The highest BCUT2D eigenvalue weighted by Gasteiger charge is 1.99. The molecule has 0 radical (unpaired) electrons. The second kappa shape index (κ2) is 4.72. The quantitative estimate of drug-likeness (QED) is 0.349. The summed E-state index contributed by atoms with van der Waals surface area (Å²) in [4.78, 5) is 19.1. The summed E-state index contributed by atoms with van der Waals surface area (Å²) in [5, 5.41) is 17.8. The zero-order valence-electron chi connectivity index (χ0n) is 5.45. The number of carboxylic acids is 1. The predicted octanol–water partition coefficient (Wildman–Crippen LogP) is 0.518. The Hall–Kier alpha value is -1.13. The van der Waals surface area contributed by atoms with Crippen molar-refractivity contribution in [3.63, 3.8) is 0 Å². The van der Waals surface area contributed by atoms with Gasteiger partial charge in [-0.3, -0.25) is 14.9 Å². The first kappa shape index (κ1) is 8.87. The number of carboxylic acid groups (broad SMARTS) is 1. The molecule has 0 fully saturated rings. The molecule has 0 aromatic rings. The van der Waals surface area contributed by atoms with Crippen molar-refractivity contribution in [2.45, 2.75) is 19.3 Å². The number of nitro groups is 1. The van der Waals surface area contributed by atoms with Crippen LogP contribution in [0.5, 0.6) is 0 Å². The third kappa shape index (κ3) is 6.87. The topological polar surface area (TPSA) is 80.4 Å². The summed E-state index contributed by atoms with van der Waals surface area (Å²) in [6.07, 6.45) is 0.753. The van der Waals surface area contributed by atoms with Crippen LogP contribution in [0.1, 0.15) is 19.3 Å². The number of hydrogen-bond donors (Lipinski definition) is 1. The Morgan fingerprint density at radius 3 is 2.50 bits per heavy atom. The summed E-state index contributed by atoms with van der Waals surface area (Å²) in [5.74, 6) is -0.900.